The van der Waals surface area contributed by atoms with E-state index >= 15 is 0 Å². The van der Waals surface area contributed by atoms with Crippen LogP contribution in [0.15, 0.2) is 71.8 Å². The van der Waals surface area contributed by atoms with Crippen molar-refractivity contribution in [2.75, 3.05) is 4.31 Å². The average Bonchev–Trinajstić information content (AvgIpc) is 2.83. The minimum Gasteiger partial charge on any atom is -0.478 e. The molecule has 0 amide bonds. The zero-order valence-electron chi connectivity index (χ0n) is 18.5. The number of pyridine rings is 2. The number of alkyl halides is 3. The van der Waals surface area contributed by atoms with Gasteiger partial charge in [-0.15, -0.1) is 0 Å². The van der Waals surface area contributed by atoms with Gasteiger partial charge < -0.3 is 5.11 Å². The van der Waals surface area contributed by atoms with Gasteiger partial charge in [-0.3, -0.25) is 0 Å². The summed E-state index contributed by atoms with van der Waals surface area (Å²) in [5.74, 6) is -2.93. The summed E-state index contributed by atoms with van der Waals surface area (Å²) in [5.41, 5.74) is -1.87. The van der Waals surface area contributed by atoms with Crippen LogP contribution in [0.4, 0.5) is 23.4 Å². The van der Waals surface area contributed by atoms with E-state index in [0.717, 1.165) is 34.6 Å². The van der Waals surface area contributed by atoms with Crippen molar-refractivity contribution in [3.05, 3.63) is 95.2 Å². The quantitative estimate of drug-likeness (QED) is 0.352. The Morgan fingerprint density at radius 3 is 2.33 bits per heavy atom. The van der Waals surface area contributed by atoms with Gasteiger partial charge in [0, 0.05) is 17.1 Å². The van der Waals surface area contributed by atoms with Crippen LogP contribution in [-0.4, -0.2) is 29.5 Å². The number of aryl methyl sites for hydroxylation is 1. The number of hydrogen-bond donors (Lipinski definition) is 1. The Morgan fingerprint density at radius 2 is 1.69 bits per heavy atom. The highest BCUT2D eigenvalue weighted by Gasteiger charge is 2.37. The molecular formula is C24H17F4N3O4S. The zero-order valence-corrected chi connectivity index (χ0v) is 19.3. The predicted molar refractivity (Wildman–Crippen MR) is 122 cm³/mol. The summed E-state index contributed by atoms with van der Waals surface area (Å²) in [6.45, 7) is 0.915. The van der Waals surface area contributed by atoms with Crippen LogP contribution in [0.3, 0.4) is 0 Å². The van der Waals surface area contributed by atoms with Gasteiger partial charge >= 0.3 is 12.1 Å². The summed E-state index contributed by atoms with van der Waals surface area (Å²) in [5, 5.41) is 10.5. The molecule has 36 heavy (non-hydrogen) atoms. The third-order valence-corrected chi connectivity index (χ3v) is 7.18. The largest absolute Gasteiger partial charge is 0.478 e. The van der Waals surface area contributed by atoms with Gasteiger partial charge in [-0.2, -0.15) is 13.2 Å². The Labute approximate surface area is 202 Å². The molecule has 0 aliphatic heterocycles. The molecule has 0 unspecified atom stereocenters. The van der Waals surface area contributed by atoms with Gasteiger partial charge in [-0.25, -0.2) is 31.9 Å². The predicted octanol–water partition coefficient (Wildman–Crippen LogP) is 5.19. The number of benzene rings is 2. The van der Waals surface area contributed by atoms with Crippen molar-refractivity contribution in [3.8, 4) is 0 Å². The van der Waals surface area contributed by atoms with Gasteiger partial charge in [-0.05, 0) is 48.7 Å². The molecule has 0 bridgehead atoms. The molecule has 7 nitrogen and oxygen atoms in total. The van der Waals surface area contributed by atoms with Crippen LogP contribution in [0.5, 0.6) is 0 Å². The second kappa shape index (κ2) is 9.19. The molecule has 2 aromatic heterocycles. The monoisotopic (exact) mass is 519 g/mol. The van der Waals surface area contributed by atoms with Crippen molar-refractivity contribution in [1.29, 1.82) is 0 Å². The molecule has 0 saturated carbocycles. The molecule has 12 heteroatoms. The SMILES string of the molecule is Cc1c(N(Cc2ccc(F)c(C(F)(F)F)n2)S(=O)(=O)c2ccc(C(=O)O)cc2)ncc2ccccc12. The Morgan fingerprint density at radius 1 is 1.03 bits per heavy atom. The van der Waals surface area contributed by atoms with Crippen molar-refractivity contribution < 1.29 is 35.9 Å². The normalized spacial score (nSPS) is 12.0. The standard InChI is InChI=1S/C24H17F4N3O4S/c1-14-19-5-3-2-4-16(19)12-29-22(14)31(13-17-8-11-20(25)21(30-17)24(26,27)28)36(34,35)18-9-6-15(7-10-18)23(32)33/h2-12H,13H2,1H3,(H,32,33). The lowest BCUT2D eigenvalue weighted by Crippen LogP contribution is -2.32. The lowest BCUT2D eigenvalue weighted by molar-refractivity contribution is -0.143. The van der Waals surface area contributed by atoms with Gasteiger partial charge in [0.2, 0.25) is 0 Å². The third kappa shape index (κ3) is 4.71. The molecule has 2 heterocycles. The molecule has 0 saturated heterocycles. The van der Waals surface area contributed by atoms with E-state index in [1.165, 1.54) is 6.20 Å². The first-order chi connectivity index (χ1) is 16.9. The Bertz CT molecular complexity index is 1570. The Kier molecular flexibility index (Phi) is 6.39. The topological polar surface area (TPSA) is 100 Å². The van der Waals surface area contributed by atoms with Crippen LogP contribution in [0, 0.1) is 12.7 Å². The number of hydrogen-bond acceptors (Lipinski definition) is 5. The van der Waals surface area contributed by atoms with Crippen LogP contribution in [0.2, 0.25) is 0 Å². The molecule has 4 rings (SSSR count). The first kappa shape index (κ1) is 25.0. The fraction of sp³-hybridized carbons (Fsp3) is 0.125. The van der Waals surface area contributed by atoms with Crippen LogP contribution in [-0.2, 0) is 22.7 Å². The van der Waals surface area contributed by atoms with E-state index in [1.807, 2.05) is 0 Å². The highest BCUT2D eigenvalue weighted by atomic mass is 32.2. The number of anilines is 1. The maximum Gasteiger partial charge on any atom is 0.436 e. The van der Waals surface area contributed by atoms with Crippen LogP contribution in [0.25, 0.3) is 10.8 Å². The van der Waals surface area contributed by atoms with Crippen molar-refractivity contribution in [2.24, 2.45) is 0 Å². The van der Waals surface area contributed by atoms with Gasteiger partial charge in [0.25, 0.3) is 10.0 Å². The number of nitrogens with zero attached hydrogens (tertiary/aromatic N) is 3. The Hall–Kier alpha value is -4.06. The Balaban J connectivity index is 1.89. The summed E-state index contributed by atoms with van der Waals surface area (Å²) in [4.78, 5) is 18.4. The second-order valence-corrected chi connectivity index (χ2v) is 9.63. The van der Waals surface area contributed by atoms with E-state index in [4.69, 9.17) is 5.11 Å². The van der Waals surface area contributed by atoms with E-state index in [0.29, 0.717) is 22.4 Å². The summed E-state index contributed by atoms with van der Waals surface area (Å²) in [6, 6.07) is 12.8. The third-order valence-electron chi connectivity index (χ3n) is 5.43. The molecular weight excluding hydrogens is 502 g/mol. The van der Waals surface area contributed by atoms with Crippen LogP contribution >= 0.6 is 0 Å². The smallest absolute Gasteiger partial charge is 0.436 e. The molecule has 0 radical (unpaired) electrons. The fourth-order valence-corrected chi connectivity index (χ4v) is 5.09. The zero-order chi connectivity index (χ0) is 26.3. The highest BCUT2D eigenvalue weighted by molar-refractivity contribution is 7.92. The van der Waals surface area contributed by atoms with Gasteiger partial charge in [0.15, 0.2) is 11.5 Å². The molecule has 0 fully saturated rings. The van der Waals surface area contributed by atoms with E-state index in [9.17, 15) is 30.8 Å². The van der Waals surface area contributed by atoms with Gasteiger partial charge in [0.05, 0.1) is 22.7 Å². The first-order valence-corrected chi connectivity index (χ1v) is 11.8. The first-order valence-electron chi connectivity index (χ1n) is 10.3. The number of halogens is 4. The van der Waals surface area contributed by atoms with Crippen LogP contribution < -0.4 is 4.31 Å². The number of carbonyl (C=O) groups is 1. The number of fused-ring (bicyclic) bond motifs is 1. The van der Waals surface area contributed by atoms with Crippen molar-refractivity contribution in [3.63, 3.8) is 0 Å². The molecule has 2 aromatic carbocycles. The molecule has 0 aliphatic carbocycles. The number of aromatic carboxylic acids is 1. The van der Waals surface area contributed by atoms with E-state index in [-0.39, 0.29) is 22.0 Å². The molecule has 0 spiro atoms. The van der Waals surface area contributed by atoms with E-state index in [2.05, 4.69) is 9.97 Å². The second-order valence-electron chi connectivity index (χ2n) is 7.77. The van der Waals surface area contributed by atoms with Gasteiger partial charge in [-0.1, -0.05) is 24.3 Å². The van der Waals surface area contributed by atoms with Crippen LogP contribution in [0.1, 0.15) is 27.3 Å². The number of aromatic nitrogens is 2. The molecule has 0 atom stereocenters. The van der Waals surface area contributed by atoms with Crippen molar-refractivity contribution in [1.82, 2.24) is 9.97 Å². The molecule has 1 N–H and O–H groups in total. The number of carboxylic acid groups (broad SMARTS) is 1. The fourth-order valence-electron chi connectivity index (χ4n) is 3.64. The maximum atomic E-state index is 13.8. The van der Waals surface area contributed by atoms with Crippen molar-refractivity contribution >= 4 is 32.6 Å². The average molecular weight is 519 g/mol. The van der Waals surface area contributed by atoms with E-state index < -0.39 is 40.2 Å². The lowest BCUT2D eigenvalue weighted by atomic mass is 10.1. The minimum absolute atomic E-state index is 0.0734. The molecule has 186 valence electrons. The summed E-state index contributed by atoms with van der Waals surface area (Å²) in [6.07, 6.45) is -3.67. The summed E-state index contributed by atoms with van der Waals surface area (Å²) < 4.78 is 81.6. The number of carboxylic acids is 1. The van der Waals surface area contributed by atoms with Crippen molar-refractivity contribution in [2.45, 2.75) is 24.5 Å². The molecule has 0 aliphatic rings. The summed E-state index contributed by atoms with van der Waals surface area (Å²) in [7, 11) is -4.48. The molecule has 4 aromatic rings. The van der Waals surface area contributed by atoms with E-state index in [1.54, 1.807) is 31.2 Å². The van der Waals surface area contributed by atoms with Gasteiger partial charge in [0.1, 0.15) is 5.82 Å². The minimum atomic E-state index is -5.09. The number of rotatable bonds is 6. The maximum absolute atomic E-state index is 13.8. The highest BCUT2D eigenvalue weighted by Crippen LogP contribution is 2.33. The summed E-state index contributed by atoms with van der Waals surface area (Å²) >= 11 is 0. The number of sulfonamides is 1. The lowest BCUT2D eigenvalue weighted by Gasteiger charge is -2.25.